The SMILES string of the molecule is CC1CN(C(=O)/C(C#N)=C\NCc2cccc(F)c2)CC(C)O1. The number of carbonyl (C=O) groups excluding carboxylic acids is 1. The molecule has 1 saturated heterocycles. The van der Waals surface area contributed by atoms with Gasteiger partial charge in [0.2, 0.25) is 0 Å². The summed E-state index contributed by atoms with van der Waals surface area (Å²) in [6.45, 7) is 5.06. The Morgan fingerprint density at radius 2 is 2.17 bits per heavy atom. The van der Waals surface area contributed by atoms with E-state index in [1.807, 2.05) is 19.9 Å². The van der Waals surface area contributed by atoms with Crippen molar-refractivity contribution in [2.45, 2.75) is 32.6 Å². The molecule has 1 fully saturated rings. The summed E-state index contributed by atoms with van der Waals surface area (Å²) < 4.78 is 18.7. The quantitative estimate of drug-likeness (QED) is 0.681. The van der Waals surface area contributed by atoms with Gasteiger partial charge in [-0.2, -0.15) is 5.26 Å². The van der Waals surface area contributed by atoms with E-state index in [-0.39, 0.29) is 29.5 Å². The molecule has 2 atom stereocenters. The molecule has 1 N–H and O–H groups in total. The zero-order valence-corrected chi connectivity index (χ0v) is 13.3. The molecule has 6 heteroatoms. The minimum absolute atomic E-state index is 0.0303. The number of nitrogens with zero attached hydrogens (tertiary/aromatic N) is 2. The maximum atomic E-state index is 13.1. The lowest BCUT2D eigenvalue weighted by atomic mass is 10.2. The molecule has 23 heavy (non-hydrogen) atoms. The third-order valence-corrected chi connectivity index (χ3v) is 3.50. The average molecular weight is 317 g/mol. The predicted octanol–water partition coefficient (Wildman–Crippen LogP) is 1.96. The smallest absolute Gasteiger partial charge is 0.266 e. The Kier molecular flexibility index (Phi) is 5.72. The van der Waals surface area contributed by atoms with Crippen LogP contribution in [0.1, 0.15) is 19.4 Å². The Hall–Kier alpha value is -2.39. The van der Waals surface area contributed by atoms with Crippen molar-refractivity contribution in [3.05, 3.63) is 47.4 Å². The van der Waals surface area contributed by atoms with Crippen LogP contribution in [-0.4, -0.2) is 36.1 Å². The maximum Gasteiger partial charge on any atom is 0.266 e. The molecule has 1 amide bonds. The van der Waals surface area contributed by atoms with Crippen molar-refractivity contribution in [1.29, 1.82) is 5.26 Å². The van der Waals surface area contributed by atoms with E-state index in [4.69, 9.17) is 4.74 Å². The second-order valence-corrected chi connectivity index (χ2v) is 5.65. The van der Waals surface area contributed by atoms with Gasteiger partial charge in [-0.25, -0.2) is 4.39 Å². The highest BCUT2D eigenvalue weighted by Gasteiger charge is 2.27. The Bertz CT molecular complexity index is 629. The van der Waals surface area contributed by atoms with Gasteiger partial charge in [-0.05, 0) is 31.5 Å². The van der Waals surface area contributed by atoms with Gasteiger partial charge in [0.1, 0.15) is 17.5 Å². The van der Waals surface area contributed by atoms with Crippen molar-refractivity contribution in [3.8, 4) is 6.07 Å². The number of nitriles is 1. The van der Waals surface area contributed by atoms with Crippen molar-refractivity contribution < 1.29 is 13.9 Å². The number of morpholine rings is 1. The molecule has 2 unspecified atom stereocenters. The lowest BCUT2D eigenvalue weighted by Gasteiger charge is -2.35. The molecule has 2 rings (SSSR count). The van der Waals surface area contributed by atoms with Gasteiger partial charge in [-0.3, -0.25) is 4.79 Å². The number of amides is 1. The summed E-state index contributed by atoms with van der Waals surface area (Å²) in [5, 5.41) is 12.1. The van der Waals surface area contributed by atoms with Crippen LogP contribution < -0.4 is 5.32 Å². The molecular weight excluding hydrogens is 297 g/mol. The van der Waals surface area contributed by atoms with E-state index < -0.39 is 0 Å². The number of halogens is 1. The third kappa shape index (κ3) is 4.80. The summed E-state index contributed by atoms with van der Waals surface area (Å²) in [6, 6.07) is 8.07. The number of rotatable bonds is 4. The summed E-state index contributed by atoms with van der Waals surface area (Å²) in [5.41, 5.74) is 0.766. The van der Waals surface area contributed by atoms with Crippen LogP contribution in [0.4, 0.5) is 4.39 Å². The number of ether oxygens (including phenoxy) is 1. The molecule has 0 aromatic heterocycles. The molecular formula is C17H20FN3O2. The van der Waals surface area contributed by atoms with Crippen molar-refractivity contribution in [3.63, 3.8) is 0 Å². The lowest BCUT2D eigenvalue weighted by Crippen LogP contribution is -2.48. The second-order valence-electron chi connectivity index (χ2n) is 5.65. The number of nitrogens with one attached hydrogen (secondary N) is 1. The maximum absolute atomic E-state index is 13.1. The molecule has 122 valence electrons. The highest BCUT2D eigenvalue weighted by molar-refractivity contribution is 5.97. The van der Waals surface area contributed by atoms with Gasteiger partial charge < -0.3 is 15.0 Å². The van der Waals surface area contributed by atoms with Gasteiger partial charge in [0.25, 0.3) is 5.91 Å². The first kappa shape index (κ1) is 17.0. The van der Waals surface area contributed by atoms with Gasteiger partial charge >= 0.3 is 0 Å². The Morgan fingerprint density at radius 3 is 2.78 bits per heavy atom. The standard InChI is InChI=1S/C17H20FN3O2/c1-12-10-21(11-13(2)23-12)17(22)15(7-19)9-20-8-14-4-3-5-16(18)6-14/h3-6,9,12-13,20H,8,10-11H2,1-2H3/b15-9-. The van der Waals surface area contributed by atoms with Crippen LogP contribution in [0, 0.1) is 17.1 Å². The zero-order valence-electron chi connectivity index (χ0n) is 13.3. The fourth-order valence-electron chi connectivity index (χ4n) is 2.57. The van der Waals surface area contributed by atoms with E-state index in [2.05, 4.69) is 5.32 Å². The largest absolute Gasteiger partial charge is 0.386 e. The van der Waals surface area contributed by atoms with Gasteiger partial charge in [0.05, 0.1) is 12.2 Å². The highest BCUT2D eigenvalue weighted by atomic mass is 19.1. The van der Waals surface area contributed by atoms with E-state index in [1.165, 1.54) is 18.3 Å². The number of carbonyl (C=O) groups is 1. The van der Waals surface area contributed by atoms with Gasteiger partial charge in [-0.15, -0.1) is 0 Å². The van der Waals surface area contributed by atoms with E-state index in [1.54, 1.807) is 17.0 Å². The van der Waals surface area contributed by atoms with Gasteiger partial charge in [0, 0.05) is 25.8 Å². The lowest BCUT2D eigenvalue weighted by molar-refractivity contribution is -0.138. The fraction of sp³-hybridized carbons (Fsp3) is 0.412. The molecule has 0 bridgehead atoms. The minimum Gasteiger partial charge on any atom is -0.386 e. The zero-order chi connectivity index (χ0) is 16.8. The number of hydrogen-bond donors (Lipinski definition) is 1. The van der Waals surface area contributed by atoms with E-state index in [9.17, 15) is 14.4 Å². The first-order valence-electron chi connectivity index (χ1n) is 7.52. The second kappa shape index (κ2) is 7.75. The fourth-order valence-corrected chi connectivity index (χ4v) is 2.57. The summed E-state index contributed by atoms with van der Waals surface area (Å²) in [4.78, 5) is 14.0. The summed E-state index contributed by atoms with van der Waals surface area (Å²) in [7, 11) is 0. The molecule has 0 spiro atoms. The molecule has 1 aliphatic heterocycles. The third-order valence-electron chi connectivity index (χ3n) is 3.50. The molecule has 0 radical (unpaired) electrons. The highest BCUT2D eigenvalue weighted by Crippen LogP contribution is 2.13. The van der Waals surface area contributed by atoms with E-state index in [0.717, 1.165) is 5.56 Å². The number of benzene rings is 1. The molecule has 1 heterocycles. The molecule has 0 saturated carbocycles. The number of hydrogen-bond acceptors (Lipinski definition) is 4. The van der Waals surface area contributed by atoms with Gasteiger partial charge in [0.15, 0.2) is 0 Å². The Labute approximate surface area is 135 Å². The summed E-state index contributed by atoms with van der Waals surface area (Å²) in [6.07, 6.45) is 1.28. The van der Waals surface area contributed by atoms with Crippen LogP contribution in [0.15, 0.2) is 36.0 Å². The normalized spacial score (nSPS) is 21.7. The van der Waals surface area contributed by atoms with Crippen molar-refractivity contribution in [2.75, 3.05) is 13.1 Å². The first-order valence-corrected chi connectivity index (χ1v) is 7.52. The van der Waals surface area contributed by atoms with Crippen molar-refractivity contribution >= 4 is 5.91 Å². The molecule has 1 aliphatic rings. The van der Waals surface area contributed by atoms with E-state index >= 15 is 0 Å². The molecule has 1 aromatic carbocycles. The monoisotopic (exact) mass is 317 g/mol. The molecule has 0 aliphatic carbocycles. The average Bonchev–Trinajstić information content (AvgIpc) is 2.50. The van der Waals surface area contributed by atoms with Gasteiger partial charge in [-0.1, -0.05) is 12.1 Å². The van der Waals surface area contributed by atoms with Crippen LogP contribution in [0.3, 0.4) is 0 Å². The Balaban J connectivity index is 1.98. The van der Waals surface area contributed by atoms with Crippen LogP contribution in [-0.2, 0) is 16.1 Å². The molecule has 1 aromatic rings. The van der Waals surface area contributed by atoms with Crippen LogP contribution in [0.2, 0.25) is 0 Å². The first-order chi connectivity index (χ1) is 11.0. The van der Waals surface area contributed by atoms with Crippen molar-refractivity contribution in [1.82, 2.24) is 10.2 Å². The topological polar surface area (TPSA) is 65.4 Å². The minimum atomic E-state index is -0.318. The summed E-state index contributed by atoms with van der Waals surface area (Å²) in [5.74, 6) is -0.637. The van der Waals surface area contributed by atoms with E-state index in [0.29, 0.717) is 19.6 Å². The van der Waals surface area contributed by atoms with Crippen molar-refractivity contribution in [2.24, 2.45) is 0 Å². The van der Waals surface area contributed by atoms with Crippen LogP contribution >= 0.6 is 0 Å². The molecule has 5 nitrogen and oxygen atoms in total. The summed E-state index contributed by atoms with van der Waals surface area (Å²) >= 11 is 0. The van der Waals surface area contributed by atoms with Crippen LogP contribution in [0.5, 0.6) is 0 Å². The van der Waals surface area contributed by atoms with Crippen LogP contribution in [0.25, 0.3) is 0 Å². The Morgan fingerprint density at radius 1 is 1.48 bits per heavy atom. The predicted molar refractivity (Wildman–Crippen MR) is 83.5 cm³/mol.